The van der Waals surface area contributed by atoms with Gasteiger partial charge in [-0.2, -0.15) is 0 Å². The van der Waals surface area contributed by atoms with Gasteiger partial charge in [-0.3, -0.25) is 43.3 Å². The molecule has 2 aromatic rings. The molecule has 0 bridgehead atoms. The number of imidazole rings is 1. The molecule has 23 heteroatoms. The summed E-state index contributed by atoms with van der Waals surface area (Å²) in [6.45, 7) is 8.01. The van der Waals surface area contributed by atoms with Gasteiger partial charge in [-0.25, -0.2) is 4.98 Å². The first-order chi connectivity index (χ1) is 29.1. The van der Waals surface area contributed by atoms with Crippen molar-refractivity contribution < 1.29 is 53.7 Å². The fraction of sp³-hybridized carbons (Fsp3) is 0.538. The Hall–Kier alpha value is -6.78. The zero-order valence-corrected chi connectivity index (χ0v) is 35.3. The lowest BCUT2D eigenvalue weighted by molar-refractivity contribution is -0.142. The second-order valence-corrected chi connectivity index (χ2v) is 15.2. The quantitative estimate of drug-likeness (QED) is 0.0263. The Balaban J connectivity index is 2.43. The normalized spacial score (nSPS) is 14.9. The first kappa shape index (κ1) is 51.4. The van der Waals surface area contributed by atoms with Crippen LogP contribution in [-0.2, 0) is 51.2 Å². The van der Waals surface area contributed by atoms with E-state index in [1.165, 1.54) is 43.7 Å². The van der Waals surface area contributed by atoms with Crippen molar-refractivity contribution in [1.29, 1.82) is 0 Å². The fourth-order valence-electron chi connectivity index (χ4n) is 5.88. The number of aromatic hydroxyl groups is 1. The van der Waals surface area contributed by atoms with Crippen molar-refractivity contribution in [3.8, 4) is 5.75 Å². The standard InChI is InChI=1S/C39H60N12O11/c1-6-20(4)31(37(60)49-28(15-23-17-43-18-45-23)34(57)46-21(5)38(61)62)51-35(58)27(14-22-9-11-24(52)12-10-22)48-36(59)30(19(2)3)50-33(56)26(8-7-13-44-39(41)42)47-32(55)25(40)16-29(53)54/h9-12,17-21,25-28,30-31,52H,6-8,13-16,40H2,1-5H3,(H,43,45)(H,46,57)(H,47,55)(H,48,59)(H,49,60)(H,50,56)(H,51,58)(H,53,54)(H,61,62)(H4,41,42,44)/t20-,21+,25-,26-,27-,28-,30-,31-/m0/s1. The molecule has 0 spiro atoms. The largest absolute Gasteiger partial charge is 0.508 e. The van der Waals surface area contributed by atoms with Crippen LogP contribution in [-0.4, -0.2) is 127 Å². The number of nitrogens with zero attached hydrogens (tertiary/aromatic N) is 2. The number of phenols is 1. The molecular weight excluding hydrogens is 813 g/mol. The summed E-state index contributed by atoms with van der Waals surface area (Å²) in [5.41, 5.74) is 17.4. The van der Waals surface area contributed by atoms with Crippen molar-refractivity contribution in [1.82, 2.24) is 41.9 Å². The number of carboxylic acids is 2. The van der Waals surface area contributed by atoms with Crippen LogP contribution in [0.1, 0.15) is 71.6 Å². The third-order valence-electron chi connectivity index (χ3n) is 9.70. The van der Waals surface area contributed by atoms with Crippen molar-refractivity contribution in [3.63, 3.8) is 0 Å². The number of amides is 6. The molecule has 0 saturated carbocycles. The van der Waals surface area contributed by atoms with E-state index in [0.29, 0.717) is 17.7 Å². The number of H-pyrrole nitrogens is 1. The van der Waals surface area contributed by atoms with Crippen LogP contribution in [0.25, 0.3) is 0 Å². The van der Waals surface area contributed by atoms with Gasteiger partial charge in [0.2, 0.25) is 35.4 Å². The van der Waals surface area contributed by atoms with Crippen molar-refractivity contribution >= 4 is 53.3 Å². The zero-order valence-electron chi connectivity index (χ0n) is 35.3. The molecule has 1 aromatic carbocycles. The summed E-state index contributed by atoms with van der Waals surface area (Å²) < 4.78 is 0. The molecule has 62 heavy (non-hydrogen) atoms. The van der Waals surface area contributed by atoms with Gasteiger partial charge in [0.15, 0.2) is 5.96 Å². The summed E-state index contributed by atoms with van der Waals surface area (Å²) in [6.07, 6.45) is 2.30. The number of hydrogen-bond acceptors (Lipinski definition) is 12. The van der Waals surface area contributed by atoms with Gasteiger partial charge in [0.05, 0.1) is 18.8 Å². The second-order valence-electron chi connectivity index (χ2n) is 15.2. The number of aromatic nitrogens is 2. The molecule has 23 nitrogen and oxygen atoms in total. The Kier molecular flexibility index (Phi) is 20.8. The number of aromatic amines is 1. The third kappa shape index (κ3) is 17.4. The molecule has 0 saturated heterocycles. The smallest absolute Gasteiger partial charge is 0.325 e. The Morgan fingerprint density at radius 3 is 1.82 bits per heavy atom. The SMILES string of the molecule is CC[C@H](C)[C@H](NC(=O)[C@H](Cc1ccc(O)cc1)NC(=O)[C@@H](NC(=O)[C@H](CCCN=C(N)N)NC(=O)[C@@H](N)CC(=O)O)C(C)C)C(=O)N[C@@H](Cc1cnc[nH]1)C(=O)N[C@H](C)C(=O)O. The number of rotatable bonds is 26. The molecule has 1 aromatic heterocycles. The average Bonchev–Trinajstić information content (AvgIpc) is 3.72. The number of phenolic OH excluding ortho intramolecular Hbond substituents is 1. The summed E-state index contributed by atoms with van der Waals surface area (Å²) in [7, 11) is 0. The maximum absolute atomic E-state index is 14.2. The number of nitrogens with two attached hydrogens (primary N) is 3. The van der Waals surface area contributed by atoms with Crippen molar-refractivity contribution in [3.05, 3.63) is 48.0 Å². The molecule has 0 radical (unpaired) electrons. The maximum Gasteiger partial charge on any atom is 0.325 e. The average molecular weight is 873 g/mol. The van der Waals surface area contributed by atoms with E-state index in [9.17, 15) is 48.6 Å². The van der Waals surface area contributed by atoms with Crippen molar-refractivity contribution in [2.45, 2.75) is 115 Å². The highest BCUT2D eigenvalue weighted by atomic mass is 16.4. The third-order valence-corrected chi connectivity index (χ3v) is 9.70. The zero-order chi connectivity index (χ0) is 46.7. The topological polar surface area (TPSA) is 389 Å². The van der Waals surface area contributed by atoms with Gasteiger partial charge in [-0.1, -0.05) is 46.2 Å². The number of guanidine groups is 1. The maximum atomic E-state index is 14.2. The summed E-state index contributed by atoms with van der Waals surface area (Å²) in [5.74, 6) is -9.08. The lowest BCUT2D eigenvalue weighted by Gasteiger charge is -2.30. The number of aliphatic carboxylic acids is 2. The van der Waals surface area contributed by atoms with Crippen molar-refractivity contribution in [2.24, 2.45) is 34.0 Å². The summed E-state index contributed by atoms with van der Waals surface area (Å²) in [6, 6.07) is -3.61. The van der Waals surface area contributed by atoms with Crippen LogP contribution in [0, 0.1) is 11.8 Å². The monoisotopic (exact) mass is 872 g/mol. The Morgan fingerprint density at radius 2 is 1.29 bits per heavy atom. The van der Waals surface area contributed by atoms with E-state index in [1.54, 1.807) is 27.7 Å². The van der Waals surface area contributed by atoms with Gasteiger partial charge in [-0.15, -0.1) is 0 Å². The number of carbonyl (C=O) groups excluding carboxylic acids is 6. The molecule has 2 rings (SSSR count). The number of aliphatic imine (C=N–C) groups is 1. The number of hydrogen-bond donors (Lipinski definition) is 13. The van der Waals surface area contributed by atoms with Gasteiger partial charge < -0.3 is 69.4 Å². The summed E-state index contributed by atoms with van der Waals surface area (Å²) in [4.78, 5) is 115. The minimum absolute atomic E-state index is 0.0471. The fourth-order valence-corrected chi connectivity index (χ4v) is 5.88. The first-order valence-electron chi connectivity index (χ1n) is 20.0. The highest BCUT2D eigenvalue weighted by molar-refractivity contribution is 5.97. The van der Waals surface area contributed by atoms with E-state index in [4.69, 9.17) is 22.3 Å². The van der Waals surface area contributed by atoms with Crippen LogP contribution < -0.4 is 49.1 Å². The second kappa shape index (κ2) is 25.1. The molecule has 342 valence electrons. The van der Waals surface area contributed by atoms with Gasteiger partial charge in [-0.05, 0) is 49.3 Å². The van der Waals surface area contributed by atoms with Gasteiger partial charge >= 0.3 is 11.9 Å². The highest BCUT2D eigenvalue weighted by Gasteiger charge is 2.36. The molecule has 8 atom stereocenters. The van der Waals surface area contributed by atoms with E-state index in [2.05, 4.69) is 46.9 Å². The molecule has 0 unspecified atom stereocenters. The predicted molar refractivity (Wildman–Crippen MR) is 223 cm³/mol. The molecule has 0 aliphatic rings. The molecule has 0 fully saturated rings. The van der Waals surface area contributed by atoms with E-state index in [-0.39, 0.29) is 43.9 Å². The Bertz CT molecular complexity index is 1870. The summed E-state index contributed by atoms with van der Waals surface area (Å²) in [5, 5.41) is 43.7. The van der Waals surface area contributed by atoms with Crippen molar-refractivity contribution in [2.75, 3.05) is 6.54 Å². The van der Waals surface area contributed by atoms with E-state index >= 15 is 0 Å². The van der Waals surface area contributed by atoms with Crippen LogP contribution in [0.4, 0.5) is 0 Å². The Morgan fingerprint density at radius 1 is 0.742 bits per heavy atom. The lowest BCUT2D eigenvalue weighted by atomic mass is 9.96. The molecule has 0 aliphatic heterocycles. The highest BCUT2D eigenvalue weighted by Crippen LogP contribution is 2.15. The van der Waals surface area contributed by atoms with Crippen LogP contribution >= 0.6 is 0 Å². The van der Waals surface area contributed by atoms with Crippen LogP contribution in [0.3, 0.4) is 0 Å². The van der Waals surface area contributed by atoms with Gasteiger partial charge in [0.1, 0.15) is 42.0 Å². The summed E-state index contributed by atoms with van der Waals surface area (Å²) >= 11 is 0. The minimum Gasteiger partial charge on any atom is -0.508 e. The van der Waals surface area contributed by atoms with E-state index in [1.807, 2.05) is 0 Å². The molecule has 1 heterocycles. The number of nitrogens with one attached hydrogen (secondary N) is 7. The molecular formula is C39H60N12O11. The predicted octanol–water partition coefficient (Wildman–Crippen LogP) is -2.53. The van der Waals surface area contributed by atoms with Gasteiger partial charge in [0.25, 0.3) is 0 Å². The van der Waals surface area contributed by atoms with Crippen LogP contribution in [0.5, 0.6) is 5.75 Å². The number of carbonyl (C=O) groups is 8. The number of benzene rings is 1. The number of carboxylic acid groups (broad SMARTS) is 2. The lowest BCUT2D eigenvalue weighted by Crippen LogP contribution is -2.61. The first-order valence-corrected chi connectivity index (χ1v) is 20.0. The van der Waals surface area contributed by atoms with E-state index in [0.717, 1.165) is 0 Å². The molecule has 0 aliphatic carbocycles. The molecule has 6 amide bonds. The van der Waals surface area contributed by atoms with Crippen LogP contribution in [0.15, 0.2) is 41.8 Å². The molecule has 16 N–H and O–H groups in total. The Labute approximate surface area is 358 Å². The van der Waals surface area contributed by atoms with E-state index < -0.39 is 108 Å². The van der Waals surface area contributed by atoms with Crippen LogP contribution in [0.2, 0.25) is 0 Å². The van der Waals surface area contributed by atoms with Gasteiger partial charge in [0, 0.05) is 31.3 Å². The minimum atomic E-state index is -1.50.